The van der Waals surface area contributed by atoms with Crippen LogP contribution in [0.1, 0.15) is 55.4 Å². The van der Waals surface area contributed by atoms with Crippen LogP contribution in [0.5, 0.6) is 0 Å². The van der Waals surface area contributed by atoms with Gasteiger partial charge in [0.1, 0.15) is 5.15 Å². The van der Waals surface area contributed by atoms with E-state index in [-0.39, 0.29) is 36.6 Å². The number of nitrogens with zero attached hydrogens (tertiary/aromatic N) is 6. The van der Waals surface area contributed by atoms with Crippen LogP contribution in [0, 0.1) is 0 Å². The molecule has 19 rings (SSSR count). The average Bonchev–Trinajstić information content (AvgIpc) is 1.61. The van der Waals surface area contributed by atoms with Gasteiger partial charge in [-0.1, -0.05) is 218 Å². The van der Waals surface area contributed by atoms with Crippen LogP contribution in [-0.4, -0.2) is 66.5 Å². The number of rotatable bonds is 7. The first-order valence-electron chi connectivity index (χ1n) is 35.0. The van der Waals surface area contributed by atoms with Gasteiger partial charge in [0.15, 0.2) is 0 Å². The van der Waals surface area contributed by atoms with Crippen LogP contribution in [0.2, 0.25) is 5.15 Å². The summed E-state index contributed by atoms with van der Waals surface area (Å²) in [4.78, 5) is 30.8. The molecule has 0 bridgehead atoms. The molecule has 10 nitrogen and oxygen atoms in total. The molecule has 2 aliphatic heterocycles. The Bertz CT molecular complexity index is 5900. The van der Waals surface area contributed by atoms with Crippen molar-refractivity contribution in [2.75, 3.05) is 0 Å². The Balaban J connectivity index is 0.000000133. The van der Waals surface area contributed by atoms with E-state index in [1.54, 1.807) is 0 Å². The average molecular weight is 1360 g/mol. The maximum atomic E-state index is 6.19. The molecule has 0 amide bonds. The van der Waals surface area contributed by atoms with Gasteiger partial charge in [-0.25, -0.2) is 29.9 Å². The molecule has 11 aromatic carbocycles. The van der Waals surface area contributed by atoms with Crippen molar-refractivity contribution in [1.82, 2.24) is 29.9 Å². The molecule has 13 heteroatoms. The molecule has 0 aliphatic carbocycles. The van der Waals surface area contributed by atoms with Gasteiger partial charge in [-0.2, -0.15) is 0 Å². The van der Waals surface area contributed by atoms with Crippen LogP contribution in [0.4, 0.5) is 0 Å². The SMILES string of the molecule is CC1(C)OB(c2cccc(B3OC(C)(C)C(C)(C)O3)c2)OC1(C)C.Clc1ccc2c3ccccc3c3ccc(-c4ccccc4)nc3c2n1.c1ccc(-c2ccc3c4ccccc4c4ccc(-c5cccc(-c6ccc7c8ccccc8c8ccc(-c9ccccc9)nc8c7n6)c5)nc4c3n2)cc1. The highest BCUT2D eigenvalue weighted by Crippen LogP contribution is 2.42. The third kappa shape index (κ3) is 11.9. The lowest BCUT2D eigenvalue weighted by Crippen LogP contribution is -2.41. The zero-order chi connectivity index (χ0) is 70.4. The van der Waals surface area contributed by atoms with Gasteiger partial charge in [0, 0.05) is 60.1 Å². The van der Waals surface area contributed by atoms with Gasteiger partial charge < -0.3 is 18.6 Å². The van der Waals surface area contributed by atoms with Crippen molar-refractivity contribution in [3.05, 3.63) is 290 Å². The summed E-state index contributed by atoms with van der Waals surface area (Å²) < 4.78 is 24.6. The van der Waals surface area contributed by atoms with Crippen molar-refractivity contribution in [2.24, 2.45) is 0 Å². The monoisotopic (exact) mass is 1360 g/mol. The second-order valence-electron chi connectivity index (χ2n) is 28.7. The van der Waals surface area contributed by atoms with Crippen LogP contribution in [0.15, 0.2) is 285 Å². The molecule has 0 N–H and O–H groups in total. The van der Waals surface area contributed by atoms with Crippen molar-refractivity contribution < 1.29 is 18.6 Å². The summed E-state index contributed by atoms with van der Waals surface area (Å²) in [5, 5.41) is 14.1. The zero-order valence-electron chi connectivity index (χ0n) is 58.5. The maximum Gasteiger partial charge on any atom is 0.494 e. The lowest BCUT2D eigenvalue weighted by Gasteiger charge is -2.32. The third-order valence-electron chi connectivity index (χ3n) is 21.2. The molecular formula is C90H71B2ClN6O4. The molecule has 2 saturated heterocycles. The maximum absolute atomic E-state index is 6.19. The van der Waals surface area contributed by atoms with Crippen molar-refractivity contribution in [1.29, 1.82) is 0 Å². The molecular weight excluding hydrogens is 1290 g/mol. The van der Waals surface area contributed by atoms with Gasteiger partial charge in [0.25, 0.3) is 0 Å². The molecule has 0 unspecified atom stereocenters. The molecule has 17 aromatic rings. The first-order chi connectivity index (χ1) is 49.9. The molecule has 0 atom stereocenters. The Labute approximate surface area is 603 Å². The standard InChI is InChI=1S/C50H30N4.C22H13ClN2.C18H28B2O4/c1-3-12-31(13-4-1)43-26-22-39-35-18-7-9-20-37(35)41-24-28-45(53-49(41)47(39)51-43)33-16-11-17-34(30-33)46-29-25-42-38-21-10-8-19-36(38)40-23-27-44(32-14-5-2-6-15-32)52-48(40)50(42)54-46;23-20-13-11-18-16-9-5-4-8-15(16)17-10-12-19(14-6-2-1-3-7-14)24-21(17)22(18)25-20;1-15(2)16(3,4)22-19(21-15)13-10-9-11-14(12-13)20-23-17(5,6)18(7,8)24-20/h1-30H;1-13H;9-12H,1-8H3. The Kier molecular flexibility index (Phi) is 16.3. The lowest BCUT2D eigenvalue weighted by atomic mass is 9.72. The van der Waals surface area contributed by atoms with Gasteiger partial charge >= 0.3 is 14.2 Å². The highest BCUT2D eigenvalue weighted by molar-refractivity contribution is 6.66. The Hall–Kier alpha value is -11.1. The van der Waals surface area contributed by atoms with Gasteiger partial charge in [0.05, 0.1) is 84.0 Å². The lowest BCUT2D eigenvalue weighted by molar-refractivity contribution is 0.00578. The van der Waals surface area contributed by atoms with Crippen molar-refractivity contribution >= 4 is 134 Å². The smallest absolute Gasteiger partial charge is 0.399 e. The van der Waals surface area contributed by atoms with E-state index < -0.39 is 0 Å². The van der Waals surface area contributed by atoms with Crippen LogP contribution in [0.25, 0.3) is 154 Å². The molecule has 6 aromatic heterocycles. The molecule has 0 spiro atoms. The summed E-state index contributed by atoms with van der Waals surface area (Å²) in [5.74, 6) is 0. The van der Waals surface area contributed by atoms with Crippen molar-refractivity contribution in [3.63, 3.8) is 0 Å². The molecule has 2 fully saturated rings. The molecule has 103 heavy (non-hydrogen) atoms. The summed E-state index contributed by atoms with van der Waals surface area (Å²) in [6.07, 6.45) is 0. The summed E-state index contributed by atoms with van der Waals surface area (Å²) in [5.41, 5.74) is 15.8. The van der Waals surface area contributed by atoms with Crippen LogP contribution >= 0.6 is 11.6 Å². The summed E-state index contributed by atoms with van der Waals surface area (Å²) >= 11 is 6.19. The molecule has 8 heterocycles. The van der Waals surface area contributed by atoms with E-state index in [0.29, 0.717) is 5.15 Å². The number of pyridine rings is 6. The molecule has 498 valence electrons. The zero-order valence-corrected chi connectivity index (χ0v) is 59.2. The summed E-state index contributed by atoms with van der Waals surface area (Å²) in [6, 6.07) is 98.3. The van der Waals surface area contributed by atoms with Crippen molar-refractivity contribution in [3.8, 4) is 56.3 Å². The Morgan fingerprint density at radius 3 is 0.748 bits per heavy atom. The fourth-order valence-electron chi connectivity index (χ4n) is 14.3. The van der Waals surface area contributed by atoms with Gasteiger partial charge in [-0.05, 0) is 177 Å². The van der Waals surface area contributed by atoms with E-state index in [9.17, 15) is 0 Å². The van der Waals surface area contributed by atoms with E-state index in [2.05, 4.69) is 279 Å². The number of benzene rings is 11. The minimum atomic E-state index is -0.377. The van der Waals surface area contributed by atoms with E-state index in [0.717, 1.165) is 133 Å². The minimum absolute atomic E-state index is 0.349. The second-order valence-corrected chi connectivity index (χ2v) is 29.0. The highest BCUT2D eigenvalue weighted by atomic mass is 35.5. The molecule has 2 aliphatic rings. The predicted molar refractivity (Wildman–Crippen MR) is 427 cm³/mol. The van der Waals surface area contributed by atoms with Crippen LogP contribution in [0.3, 0.4) is 0 Å². The van der Waals surface area contributed by atoms with Crippen LogP contribution in [-0.2, 0) is 18.6 Å². The summed E-state index contributed by atoms with van der Waals surface area (Å²) in [7, 11) is -0.755. The minimum Gasteiger partial charge on any atom is -0.399 e. The third-order valence-corrected chi connectivity index (χ3v) is 21.4. The highest BCUT2D eigenvalue weighted by Gasteiger charge is 2.54. The number of halogens is 1. The van der Waals surface area contributed by atoms with Gasteiger partial charge in [-0.15, -0.1) is 0 Å². The molecule has 0 radical (unpaired) electrons. The first kappa shape index (κ1) is 65.2. The fraction of sp³-hybridized carbons (Fsp3) is 0.133. The second kappa shape index (κ2) is 25.8. The molecule has 0 saturated carbocycles. The van der Waals surface area contributed by atoms with E-state index in [4.69, 9.17) is 55.1 Å². The number of aromatic nitrogens is 6. The van der Waals surface area contributed by atoms with E-state index in [1.165, 1.54) is 32.3 Å². The number of hydrogen-bond acceptors (Lipinski definition) is 10. The van der Waals surface area contributed by atoms with Crippen molar-refractivity contribution in [2.45, 2.75) is 77.8 Å². The van der Waals surface area contributed by atoms with Gasteiger partial charge in [-0.3, -0.25) is 0 Å². The van der Waals surface area contributed by atoms with Crippen LogP contribution < -0.4 is 10.9 Å². The fourth-order valence-corrected chi connectivity index (χ4v) is 14.4. The Morgan fingerprint density at radius 2 is 0.456 bits per heavy atom. The van der Waals surface area contributed by atoms with E-state index >= 15 is 0 Å². The largest absolute Gasteiger partial charge is 0.494 e. The van der Waals surface area contributed by atoms with E-state index in [1.807, 2.05) is 66.7 Å². The number of fused-ring (bicyclic) bond motifs is 18. The van der Waals surface area contributed by atoms with Gasteiger partial charge in [0.2, 0.25) is 0 Å². The quantitative estimate of drug-likeness (QED) is 0.0868. The topological polar surface area (TPSA) is 114 Å². The first-order valence-corrected chi connectivity index (χ1v) is 35.4. The Morgan fingerprint density at radius 1 is 0.223 bits per heavy atom. The predicted octanol–water partition coefficient (Wildman–Crippen LogP) is 21.4. The normalized spacial score (nSPS) is 15.2. The number of hydrogen-bond donors (Lipinski definition) is 0. The summed E-state index contributed by atoms with van der Waals surface area (Å²) in [6.45, 7) is 16.5.